The number of carbonyl (C=O) groups is 2. The Morgan fingerprint density at radius 1 is 1.21 bits per heavy atom. The molecule has 2 rings (SSSR count). The Morgan fingerprint density at radius 3 is 2.38 bits per heavy atom. The van der Waals surface area contributed by atoms with E-state index in [0.717, 1.165) is 19.4 Å². The molecule has 0 saturated heterocycles. The quantitative estimate of drug-likeness (QED) is 0.718. The van der Waals surface area contributed by atoms with Gasteiger partial charge in [0.05, 0.1) is 0 Å². The zero-order chi connectivity index (χ0) is 18.2. The number of nitrogens with zero attached hydrogens (tertiary/aromatic N) is 2. The van der Waals surface area contributed by atoms with Crippen LogP contribution in [0.15, 0.2) is 24.0 Å². The van der Waals surface area contributed by atoms with Crippen LogP contribution in [-0.4, -0.2) is 44.8 Å². The Labute approximate surface area is 135 Å². The highest BCUT2D eigenvalue weighted by Crippen LogP contribution is 2.17. The van der Waals surface area contributed by atoms with Crippen LogP contribution in [0, 0.1) is 0 Å². The highest BCUT2D eigenvalue weighted by atomic mass is 19.4. The number of allylic oxidation sites excluding steroid dienone is 1. The van der Waals surface area contributed by atoms with Crippen molar-refractivity contribution in [2.75, 3.05) is 11.9 Å². The first-order valence-electron chi connectivity index (χ1n) is 6.97. The number of halogens is 3. The van der Waals surface area contributed by atoms with E-state index in [-0.39, 0.29) is 5.69 Å². The number of anilines is 1. The molecule has 0 amide bonds. The SMILES string of the molecule is O=C(O)C(F)(F)F.O=C(O)c1cc(NCC2=CCCCC2)ncn1. The van der Waals surface area contributed by atoms with Gasteiger partial charge in [-0.2, -0.15) is 13.2 Å². The van der Waals surface area contributed by atoms with Gasteiger partial charge < -0.3 is 15.5 Å². The lowest BCUT2D eigenvalue weighted by molar-refractivity contribution is -0.192. The molecule has 1 aromatic heterocycles. The Bertz CT molecular complexity index is 618. The molecule has 10 heteroatoms. The minimum absolute atomic E-state index is 0.0140. The fraction of sp³-hybridized carbons (Fsp3) is 0.429. The highest BCUT2D eigenvalue weighted by molar-refractivity contribution is 5.86. The number of hydrogen-bond donors (Lipinski definition) is 3. The summed E-state index contributed by atoms with van der Waals surface area (Å²) >= 11 is 0. The van der Waals surface area contributed by atoms with Gasteiger partial charge in [-0.15, -0.1) is 0 Å². The van der Waals surface area contributed by atoms with Crippen LogP contribution in [-0.2, 0) is 4.79 Å². The summed E-state index contributed by atoms with van der Waals surface area (Å²) in [5.74, 6) is -3.23. The molecule has 0 unspecified atom stereocenters. The second-order valence-corrected chi connectivity index (χ2v) is 4.86. The molecule has 0 spiro atoms. The molecule has 1 aromatic rings. The van der Waals surface area contributed by atoms with Gasteiger partial charge in [-0.1, -0.05) is 11.6 Å². The lowest BCUT2D eigenvalue weighted by atomic mass is 10.00. The molecule has 1 aliphatic carbocycles. The van der Waals surface area contributed by atoms with Crippen molar-refractivity contribution < 1.29 is 33.0 Å². The molecule has 1 heterocycles. The maximum absolute atomic E-state index is 10.7. The van der Waals surface area contributed by atoms with Crippen molar-refractivity contribution in [3.05, 3.63) is 29.7 Å². The van der Waals surface area contributed by atoms with E-state index in [1.54, 1.807) is 0 Å². The van der Waals surface area contributed by atoms with E-state index < -0.39 is 18.1 Å². The molecule has 0 bridgehead atoms. The normalized spacial score (nSPS) is 14.0. The molecule has 0 radical (unpaired) electrons. The zero-order valence-electron chi connectivity index (χ0n) is 12.5. The standard InChI is InChI=1S/C12H15N3O2.C2HF3O2/c16-12(17)10-6-11(15-8-14-10)13-7-9-4-2-1-3-5-9;3-2(4,5)1(6)7/h4,6,8H,1-3,5,7H2,(H,16,17)(H,13,14,15);(H,6,7). The smallest absolute Gasteiger partial charge is 0.477 e. The van der Waals surface area contributed by atoms with E-state index in [1.165, 1.54) is 30.8 Å². The largest absolute Gasteiger partial charge is 0.490 e. The number of aliphatic carboxylic acids is 1. The second-order valence-electron chi connectivity index (χ2n) is 4.86. The maximum Gasteiger partial charge on any atom is 0.490 e. The van der Waals surface area contributed by atoms with E-state index >= 15 is 0 Å². The Hall–Kier alpha value is -2.65. The topological polar surface area (TPSA) is 112 Å². The minimum atomic E-state index is -5.08. The predicted molar refractivity (Wildman–Crippen MR) is 77.7 cm³/mol. The number of alkyl halides is 3. The van der Waals surface area contributed by atoms with Gasteiger partial charge in [0.25, 0.3) is 0 Å². The first kappa shape index (κ1) is 19.4. The molecule has 1 aliphatic rings. The van der Waals surface area contributed by atoms with Crippen molar-refractivity contribution in [3.63, 3.8) is 0 Å². The van der Waals surface area contributed by atoms with Crippen LogP contribution in [0.1, 0.15) is 36.2 Å². The van der Waals surface area contributed by atoms with Gasteiger partial charge in [0.1, 0.15) is 12.1 Å². The molecule has 24 heavy (non-hydrogen) atoms. The minimum Gasteiger partial charge on any atom is -0.477 e. The van der Waals surface area contributed by atoms with E-state index in [2.05, 4.69) is 21.4 Å². The molecule has 0 saturated carbocycles. The van der Waals surface area contributed by atoms with Crippen molar-refractivity contribution >= 4 is 17.8 Å². The summed E-state index contributed by atoms with van der Waals surface area (Å²) in [7, 11) is 0. The zero-order valence-corrected chi connectivity index (χ0v) is 12.5. The lowest BCUT2D eigenvalue weighted by Crippen LogP contribution is -2.21. The van der Waals surface area contributed by atoms with Crippen LogP contribution in [0.3, 0.4) is 0 Å². The summed E-state index contributed by atoms with van der Waals surface area (Å²) in [4.78, 5) is 27.3. The Balaban J connectivity index is 0.000000351. The average Bonchev–Trinajstić information content (AvgIpc) is 2.54. The summed E-state index contributed by atoms with van der Waals surface area (Å²) in [6.45, 7) is 0.732. The van der Waals surface area contributed by atoms with E-state index in [4.69, 9.17) is 15.0 Å². The predicted octanol–water partition coefficient (Wildman–Crippen LogP) is 2.72. The molecular weight excluding hydrogens is 331 g/mol. The van der Waals surface area contributed by atoms with Crippen molar-refractivity contribution in [1.29, 1.82) is 0 Å². The number of hydrogen-bond acceptors (Lipinski definition) is 5. The van der Waals surface area contributed by atoms with Gasteiger partial charge in [0.2, 0.25) is 0 Å². The first-order chi connectivity index (χ1) is 11.2. The summed E-state index contributed by atoms with van der Waals surface area (Å²) in [5, 5.41) is 19.0. The third-order valence-electron chi connectivity index (χ3n) is 3.01. The number of carboxylic acids is 2. The number of rotatable bonds is 4. The van der Waals surface area contributed by atoms with Crippen LogP contribution >= 0.6 is 0 Å². The molecule has 0 aliphatic heterocycles. The van der Waals surface area contributed by atoms with Gasteiger partial charge in [-0.05, 0) is 25.7 Å². The molecule has 7 nitrogen and oxygen atoms in total. The third kappa shape index (κ3) is 7.07. The summed E-state index contributed by atoms with van der Waals surface area (Å²) in [6, 6.07) is 1.45. The lowest BCUT2D eigenvalue weighted by Gasteiger charge is -2.13. The van der Waals surface area contributed by atoms with Crippen LogP contribution in [0.5, 0.6) is 0 Å². The first-order valence-corrected chi connectivity index (χ1v) is 6.97. The van der Waals surface area contributed by atoms with E-state index in [9.17, 15) is 18.0 Å². The highest BCUT2D eigenvalue weighted by Gasteiger charge is 2.38. The van der Waals surface area contributed by atoms with Gasteiger partial charge in [-0.3, -0.25) is 0 Å². The Morgan fingerprint density at radius 2 is 1.88 bits per heavy atom. The van der Waals surface area contributed by atoms with Crippen molar-refractivity contribution in [1.82, 2.24) is 9.97 Å². The molecular formula is C14H16F3N3O4. The number of aromatic carboxylic acids is 1. The van der Waals surface area contributed by atoms with Crippen LogP contribution in [0.2, 0.25) is 0 Å². The monoisotopic (exact) mass is 347 g/mol. The summed E-state index contributed by atoms with van der Waals surface area (Å²) < 4.78 is 31.7. The van der Waals surface area contributed by atoms with Crippen molar-refractivity contribution in [3.8, 4) is 0 Å². The second kappa shape index (κ2) is 8.85. The van der Waals surface area contributed by atoms with Gasteiger partial charge in [0, 0.05) is 12.6 Å². The third-order valence-corrected chi connectivity index (χ3v) is 3.01. The molecule has 132 valence electrons. The summed E-state index contributed by atoms with van der Waals surface area (Å²) in [5.41, 5.74) is 1.38. The van der Waals surface area contributed by atoms with Crippen molar-refractivity contribution in [2.24, 2.45) is 0 Å². The number of nitrogens with one attached hydrogen (secondary N) is 1. The van der Waals surface area contributed by atoms with Crippen LogP contribution in [0.25, 0.3) is 0 Å². The molecule has 0 atom stereocenters. The maximum atomic E-state index is 10.7. The Kier molecular flexibility index (Phi) is 7.15. The van der Waals surface area contributed by atoms with E-state index in [1.807, 2.05) is 0 Å². The average molecular weight is 347 g/mol. The van der Waals surface area contributed by atoms with E-state index in [0.29, 0.717) is 5.82 Å². The van der Waals surface area contributed by atoms with Gasteiger partial charge >= 0.3 is 18.1 Å². The molecule has 0 fully saturated rings. The van der Waals surface area contributed by atoms with Gasteiger partial charge in [-0.25, -0.2) is 19.6 Å². The van der Waals surface area contributed by atoms with Gasteiger partial charge in [0.15, 0.2) is 5.69 Å². The van der Waals surface area contributed by atoms with Crippen LogP contribution < -0.4 is 5.32 Å². The fourth-order valence-electron chi connectivity index (χ4n) is 1.84. The molecule has 0 aromatic carbocycles. The van der Waals surface area contributed by atoms with Crippen LogP contribution in [0.4, 0.5) is 19.0 Å². The molecule has 3 N–H and O–H groups in total. The summed E-state index contributed by atoms with van der Waals surface area (Å²) in [6.07, 6.45) is 3.18. The number of carboxylic acid groups (broad SMARTS) is 2. The fourth-order valence-corrected chi connectivity index (χ4v) is 1.84. The number of aromatic nitrogens is 2. The van der Waals surface area contributed by atoms with Crippen molar-refractivity contribution in [2.45, 2.75) is 31.9 Å².